The molecule has 30 heavy (non-hydrogen) atoms. The van der Waals surface area contributed by atoms with E-state index in [2.05, 4.69) is 31.2 Å². The largest absolute Gasteiger partial charge is 0.494 e. The Kier molecular flexibility index (Phi) is 6.73. The summed E-state index contributed by atoms with van der Waals surface area (Å²) in [5, 5.41) is 0. The van der Waals surface area contributed by atoms with Crippen molar-refractivity contribution in [2.45, 2.75) is 103 Å². The normalized spacial score (nSPS) is 36.4. The molecule has 1 aromatic rings. The second-order valence-corrected chi connectivity index (χ2v) is 11.4. The molecule has 0 amide bonds. The molecule has 0 saturated heterocycles. The molecule has 0 aliphatic heterocycles. The number of ether oxygens (including phenoxy) is 1. The van der Waals surface area contributed by atoms with E-state index in [1.165, 1.54) is 89.9 Å². The van der Waals surface area contributed by atoms with Gasteiger partial charge in [0.2, 0.25) is 0 Å². The van der Waals surface area contributed by atoms with Crippen molar-refractivity contribution in [3.63, 3.8) is 0 Å². The zero-order chi connectivity index (χ0) is 20.3. The molecular formula is C29H44O. The van der Waals surface area contributed by atoms with E-state index in [1.54, 1.807) is 5.56 Å². The van der Waals surface area contributed by atoms with E-state index >= 15 is 0 Å². The fourth-order valence-corrected chi connectivity index (χ4v) is 7.15. The standard InChI is InChI=1S/C29H44O/c1-2-3-21-4-6-22(7-5-21)23-8-10-24(11-9-23)25-14-16-28(17-15-25)30-19-18-27-20-29(27)26-12-13-26/h14-17,21-24,26-27,29H,2-13,18-20H2,1H3/t21?,22?,23?,24?,27-,29+/m1/s1. The van der Waals surface area contributed by atoms with Crippen molar-refractivity contribution in [2.24, 2.45) is 35.5 Å². The van der Waals surface area contributed by atoms with Crippen LogP contribution in [0.4, 0.5) is 0 Å². The molecule has 0 radical (unpaired) electrons. The molecule has 1 aromatic carbocycles. The molecule has 0 spiro atoms. The van der Waals surface area contributed by atoms with Gasteiger partial charge in [-0.05, 0) is 123 Å². The van der Waals surface area contributed by atoms with Crippen molar-refractivity contribution in [1.29, 1.82) is 0 Å². The highest BCUT2D eigenvalue weighted by molar-refractivity contribution is 5.29. The summed E-state index contributed by atoms with van der Waals surface area (Å²) >= 11 is 0. The van der Waals surface area contributed by atoms with Gasteiger partial charge in [-0.1, -0.05) is 44.7 Å². The lowest BCUT2D eigenvalue weighted by molar-refractivity contribution is 0.156. The van der Waals surface area contributed by atoms with Crippen LogP contribution in [0.5, 0.6) is 5.75 Å². The Morgan fingerprint density at radius 1 is 0.733 bits per heavy atom. The minimum Gasteiger partial charge on any atom is -0.494 e. The van der Waals surface area contributed by atoms with Crippen LogP contribution in [0.2, 0.25) is 0 Å². The third-order valence-corrected chi connectivity index (χ3v) is 9.34. The maximum absolute atomic E-state index is 6.07. The number of hydrogen-bond donors (Lipinski definition) is 0. The summed E-state index contributed by atoms with van der Waals surface area (Å²) in [6, 6.07) is 9.20. The van der Waals surface area contributed by atoms with Crippen molar-refractivity contribution >= 4 is 0 Å². The molecule has 4 aliphatic rings. The maximum atomic E-state index is 6.07. The van der Waals surface area contributed by atoms with Gasteiger partial charge >= 0.3 is 0 Å². The van der Waals surface area contributed by atoms with Gasteiger partial charge < -0.3 is 4.74 Å². The van der Waals surface area contributed by atoms with Crippen LogP contribution in [0.15, 0.2) is 24.3 Å². The predicted molar refractivity (Wildman–Crippen MR) is 126 cm³/mol. The first-order valence-electron chi connectivity index (χ1n) is 13.5. The van der Waals surface area contributed by atoms with E-state index in [0.717, 1.165) is 53.8 Å². The summed E-state index contributed by atoms with van der Waals surface area (Å²) in [5.74, 6) is 8.13. The van der Waals surface area contributed by atoms with E-state index < -0.39 is 0 Å². The molecule has 0 heterocycles. The molecule has 2 atom stereocenters. The Balaban J connectivity index is 1.02. The number of rotatable bonds is 9. The summed E-state index contributed by atoms with van der Waals surface area (Å²) in [6.07, 6.45) is 20.4. The molecule has 4 aliphatic carbocycles. The van der Waals surface area contributed by atoms with Gasteiger partial charge in [0.1, 0.15) is 5.75 Å². The molecular weight excluding hydrogens is 364 g/mol. The van der Waals surface area contributed by atoms with Gasteiger partial charge in [-0.25, -0.2) is 0 Å². The highest BCUT2D eigenvalue weighted by atomic mass is 16.5. The Labute approximate surface area is 185 Å². The van der Waals surface area contributed by atoms with E-state index in [4.69, 9.17) is 4.74 Å². The first-order valence-corrected chi connectivity index (χ1v) is 13.5. The van der Waals surface area contributed by atoms with Crippen LogP contribution in [-0.4, -0.2) is 6.61 Å². The summed E-state index contributed by atoms with van der Waals surface area (Å²) in [7, 11) is 0. The highest BCUT2D eigenvalue weighted by Crippen LogP contribution is 2.55. The van der Waals surface area contributed by atoms with E-state index in [-0.39, 0.29) is 0 Å². The average Bonchev–Trinajstić information content (AvgIpc) is 3.70. The zero-order valence-corrected chi connectivity index (χ0v) is 19.4. The van der Waals surface area contributed by atoms with Gasteiger partial charge in [-0.2, -0.15) is 0 Å². The third-order valence-electron chi connectivity index (χ3n) is 9.34. The Bertz CT molecular complexity index is 643. The molecule has 4 saturated carbocycles. The van der Waals surface area contributed by atoms with E-state index in [9.17, 15) is 0 Å². The van der Waals surface area contributed by atoms with Crippen LogP contribution in [0.1, 0.15) is 108 Å². The topological polar surface area (TPSA) is 9.23 Å². The van der Waals surface area contributed by atoms with Crippen molar-refractivity contribution < 1.29 is 4.74 Å². The Morgan fingerprint density at radius 2 is 1.37 bits per heavy atom. The molecule has 166 valence electrons. The zero-order valence-electron chi connectivity index (χ0n) is 19.4. The molecule has 0 bridgehead atoms. The predicted octanol–water partition coefficient (Wildman–Crippen LogP) is 8.38. The van der Waals surface area contributed by atoms with Crippen LogP contribution in [-0.2, 0) is 0 Å². The van der Waals surface area contributed by atoms with Crippen LogP contribution in [0, 0.1) is 35.5 Å². The summed E-state index contributed by atoms with van der Waals surface area (Å²) in [4.78, 5) is 0. The first-order chi connectivity index (χ1) is 14.8. The molecule has 5 rings (SSSR count). The van der Waals surface area contributed by atoms with Gasteiger partial charge in [0, 0.05) is 0 Å². The fraction of sp³-hybridized carbons (Fsp3) is 0.793. The van der Waals surface area contributed by atoms with E-state index in [1.807, 2.05) is 0 Å². The Morgan fingerprint density at radius 3 is 2.00 bits per heavy atom. The lowest BCUT2D eigenvalue weighted by Gasteiger charge is -2.38. The maximum Gasteiger partial charge on any atom is 0.119 e. The second-order valence-electron chi connectivity index (χ2n) is 11.4. The van der Waals surface area contributed by atoms with Gasteiger partial charge in [0.15, 0.2) is 0 Å². The van der Waals surface area contributed by atoms with Crippen LogP contribution in [0.3, 0.4) is 0 Å². The minimum atomic E-state index is 0.789. The van der Waals surface area contributed by atoms with E-state index in [0.29, 0.717) is 0 Å². The number of hydrogen-bond acceptors (Lipinski definition) is 1. The van der Waals surface area contributed by atoms with Crippen molar-refractivity contribution in [3.05, 3.63) is 29.8 Å². The molecule has 1 heteroatoms. The third kappa shape index (κ3) is 5.25. The molecule has 1 nitrogen and oxygen atoms in total. The van der Waals surface area contributed by atoms with Crippen molar-refractivity contribution in [3.8, 4) is 5.75 Å². The molecule has 4 fully saturated rings. The molecule has 0 unspecified atom stereocenters. The molecule has 0 aromatic heterocycles. The summed E-state index contributed by atoms with van der Waals surface area (Å²) < 4.78 is 6.07. The quantitative estimate of drug-likeness (QED) is 0.398. The first kappa shape index (κ1) is 20.9. The highest BCUT2D eigenvalue weighted by Gasteiger charge is 2.46. The van der Waals surface area contributed by atoms with Crippen molar-refractivity contribution in [1.82, 2.24) is 0 Å². The van der Waals surface area contributed by atoms with Gasteiger partial charge in [-0.15, -0.1) is 0 Å². The SMILES string of the molecule is CCCC1CCC(C2CCC(c3ccc(OCC[C@@H]4C[C@H]4C4CC4)cc3)CC2)CC1. The fourth-order valence-electron chi connectivity index (χ4n) is 7.15. The second kappa shape index (κ2) is 9.66. The van der Waals surface area contributed by atoms with Gasteiger partial charge in [0.25, 0.3) is 0 Å². The smallest absolute Gasteiger partial charge is 0.119 e. The number of benzene rings is 1. The van der Waals surface area contributed by atoms with Crippen molar-refractivity contribution in [2.75, 3.05) is 6.61 Å². The van der Waals surface area contributed by atoms with Crippen LogP contribution < -0.4 is 4.74 Å². The lowest BCUT2D eigenvalue weighted by atomic mass is 9.68. The molecule has 0 N–H and O–H groups in total. The van der Waals surface area contributed by atoms with Gasteiger partial charge in [0.05, 0.1) is 6.61 Å². The Hall–Kier alpha value is -0.980. The summed E-state index contributed by atoms with van der Waals surface area (Å²) in [6.45, 7) is 3.27. The van der Waals surface area contributed by atoms with Gasteiger partial charge in [-0.3, -0.25) is 0 Å². The average molecular weight is 409 g/mol. The summed E-state index contributed by atoms with van der Waals surface area (Å²) in [5.41, 5.74) is 1.56. The van der Waals surface area contributed by atoms with Crippen LogP contribution in [0.25, 0.3) is 0 Å². The minimum absolute atomic E-state index is 0.789. The monoisotopic (exact) mass is 408 g/mol. The van der Waals surface area contributed by atoms with Crippen LogP contribution >= 0.6 is 0 Å². The lowest BCUT2D eigenvalue weighted by Crippen LogP contribution is -2.25.